The van der Waals surface area contributed by atoms with Crippen LogP contribution in [0.4, 0.5) is 0 Å². The highest BCUT2D eigenvalue weighted by Gasteiger charge is 2.19. The molecule has 0 N–H and O–H groups in total. The minimum atomic E-state index is 0.120. The number of benzene rings is 10. The fraction of sp³-hybridized carbons (Fsp3) is 0.238. The van der Waals surface area contributed by atoms with Crippen LogP contribution in [0.2, 0.25) is 0 Å². The predicted molar refractivity (Wildman–Crippen MR) is 386 cm³/mol. The summed E-state index contributed by atoms with van der Waals surface area (Å²) in [4.78, 5) is 0. The van der Waals surface area contributed by atoms with Gasteiger partial charge in [-0.25, -0.2) is 0 Å². The van der Waals surface area contributed by atoms with E-state index in [2.05, 4.69) is 321 Å². The van der Waals surface area contributed by atoms with Crippen LogP contribution in [0.25, 0.3) is 106 Å². The van der Waals surface area contributed by atoms with Crippen LogP contribution in [0.1, 0.15) is 149 Å². The topological polar surface area (TPSA) is 87.7 Å². The van der Waals surface area contributed by atoms with Crippen molar-refractivity contribution in [3.63, 3.8) is 0 Å². The van der Waals surface area contributed by atoms with Gasteiger partial charge in [-0.3, -0.25) is 0 Å². The Hall–Kier alpha value is -9.92. The van der Waals surface area contributed by atoms with Gasteiger partial charge in [0.2, 0.25) is 23.6 Å². The van der Waals surface area contributed by atoms with Gasteiger partial charge in [0.05, 0.1) is 11.0 Å². The molecule has 0 fully saturated rings. The van der Waals surface area contributed by atoms with E-state index in [4.69, 9.17) is 8.83 Å². The number of nitrogens with zero attached hydrogens (tertiary/aromatic N) is 6. The first-order chi connectivity index (χ1) is 44.2. The molecule has 0 spiro atoms. The zero-order valence-corrected chi connectivity index (χ0v) is 55.9. The molecule has 0 aliphatic heterocycles. The highest BCUT2D eigenvalue weighted by molar-refractivity contribution is 6.09. The second-order valence-corrected chi connectivity index (χ2v) is 27.2. The molecule has 14 rings (SSSR count). The summed E-state index contributed by atoms with van der Waals surface area (Å²) < 4.78 is 16.6. The smallest absolute Gasteiger partial charge is 0.248 e. The number of fused-ring (bicyclic) bond motifs is 6. The Morgan fingerprint density at radius 2 is 0.533 bits per heavy atom. The summed E-state index contributed by atoms with van der Waals surface area (Å²) >= 11 is 0. The molecule has 8 heteroatoms. The number of para-hydroxylation sites is 4. The lowest BCUT2D eigenvalue weighted by Gasteiger charge is -2.18. The van der Waals surface area contributed by atoms with Crippen LogP contribution in [0, 0.1) is 0 Å². The van der Waals surface area contributed by atoms with E-state index in [1.165, 1.54) is 88.2 Å². The van der Waals surface area contributed by atoms with Crippen LogP contribution in [0.5, 0.6) is 0 Å². The fourth-order valence-corrected chi connectivity index (χ4v) is 11.7. The molecule has 4 heterocycles. The summed E-state index contributed by atoms with van der Waals surface area (Å²) in [5.74, 6) is 3.80. The van der Waals surface area contributed by atoms with E-state index < -0.39 is 0 Å². The lowest BCUT2D eigenvalue weighted by molar-refractivity contribution is 0.582. The summed E-state index contributed by atoms with van der Waals surface area (Å²) in [5, 5.41) is 22.2. The summed E-state index contributed by atoms with van der Waals surface area (Å²) in [6, 6.07) is 85.9. The third kappa shape index (κ3) is 14.2. The van der Waals surface area contributed by atoms with Crippen LogP contribution in [-0.2, 0) is 10.8 Å². The van der Waals surface area contributed by atoms with E-state index >= 15 is 0 Å². The fourth-order valence-electron chi connectivity index (χ4n) is 11.7. The van der Waals surface area contributed by atoms with Crippen LogP contribution in [0.3, 0.4) is 0 Å². The van der Waals surface area contributed by atoms with Crippen molar-refractivity contribution < 1.29 is 8.83 Å². The van der Waals surface area contributed by atoms with E-state index in [0.717, 1.165) is 22.3 Å². The van der Waals surface area contributed by atoms with Gasteiger partial charge in [-0.05, 0) is 166 Å². The maximum Gasteiger partial charge on any atom is 0.248 e. The first-order valence-corrected chi connectivity index (χ1v) is 32.5. The van der Waals surface area contributed by atoms with Crippen molar-refractivity contribution in [3.05, 3.63) is 270 Å². The Morgan fingerprint density at radius 3 is 0.837 bits per heavy atom. The van der Waals surface area contributed by atoms with Crippen LogP contribution in [-0.4, -0.2) is 29.5 Å². The van der Waals surface area contributed by atoms with Gasteiger partial charge in [0.25, 0.3) is 0 Å². The van der Waals surface area contributed by atoms with Crippen molar-refractivity contribution in [2.75, 3.05) is 0 Å². The van der Waals surface area contributed by atoms with Gasteiger partial charge in [-0.15, -0.1) is 20.4 Å². The van der Waals surface area contributed by atoms with Crippen molar-refractivity contribution in [2.45, 2.75) is 132 Å². The third-order valence-electron chi connectivity index (χ3n) is 17.2. The molecule has 4 aromatic heterocycles. The molecular weight excluding hydrogens is 1120 g/mol. The molecule has 10 aromatic carbocycles. The highest BCUT2D eigenvalue weighted by atomic mass is 16.4. The molecule has 0 radical (unpaired) electrons. The molecule has 0 aliphatic carbocycles. The van der Waals surface area contributed by atoms with Gasteiger partial charge in [-0.1, -0.05) is 241 Å². The Labute approximate surface area is 543 Å². The summed E-state index contributed by atoms with van der Waals surface area (Å²) in [7, 11) is 0. The van der Waals surface area contributed by atoms with Crippen molar-refractivity contribution >= 4 is 43.6 Å². The van der Waals surface area contributed by atoms with Crippen LogP contribution in [0.15, 0.2) is 251 Å². The molecule has 0 aliphatic rings. The highest BCUT2D eigenvalue weighted by Crippen LogP contribution is 2.36. The minimum Gasteiger partial charge on any atom is -0.416 e. The minimum absolute atomic E-state index is 0.120. The molecule has 92 heavy (non-hydrogen) atoms. The van der Waals surface area contributed by atoms with Crippen molar-refractivity contribution in [1.82, 2.24) is 29.5 Å². The Balaban J connectivity index is 0.000000128. The van der Waals surface area contributed by atoms with Crippen LogP contribution >= 0.6 is 0 Å². The quantitative estimate of drug-likeness (QED) is 0.136. The molecule has 0 amide bonds. The monoisotopic (exact) mass is 1210 g/mol. The molecule has 0 saturated heterocycles. The van der Waals surface area contributed by atoms with E-state index in [0.29, 0.717) is 47.4 Å². The van der Waals surface area contributed by atoms with Gasteiger partial charge in [0.15, 0.2) is 0 Å². The van der Waals surface area contributed by atoms with Gasteiger partial charge >= 0.3 is 0 Å². The van der Waals surface area contributed by atoms with Crippen molar-refractivity contribution in [2.24, 2.45) is 0 Å². The first-order valence-electron chi connectivity index (χ1n) is 32.5. The summed E-state index contributed by atoms with van der Waals surface area (Å²) in [5.41, 5.74) is 19.4. The van der Waals surface area contributed by atoms with E-state index in [9.17, 15) is 0 Å². The Bertz CT molecular complexity index is 4610. The number of aromatic nitrogens is 6. The molecule has 0 unspecified atom stereocenters. The van der Waals surface area contributed by atoms with Crippen molar-refractivity contribution in [3.8, 4) is 62.6 Å². The SMILES string of the molecule is CC(C)c1ccc(-c2ccc(-c3nnc(-c4ccc(C(C)(C)C)cc4)o3)cc2)cc1.CC(C)c1ccc(-c2nnc(-c3ccc(C(C)(C)C)cc3)o2)cc1.CC(C)c1ccc(-n2c3ccccc3c3ccccc32)cc1.CC(C)n1c2ccccc2c2ccccc21. The van der Waals surface area contributed by atoms with E-state index in [1.807, 2.05) is 48.5 Å². The largest absolute Gasteiger partial charge is 0.416 e. The van der Waals surface area contributed by atoms with Gasteiger partial charge in [-0.2, -0.15) is 0 Å². The van der Waals surface area contributed by atoms with Gasteiger partial charge in [0.1, 0.15) is 0 Å². The van der Waals surface area contributed by atoms with E-state index in [-0.39, 0.29) is 10.8 Å². The molecular formula is C84H86N6O2. The molecule has 8 nitrogen and oxygen atoms in total. The average Bonchev–Trinajstić information content (AvgIpc) is 1.68. The maximum absolute atomic E-state index is 5.95. The molecule has 0 atom stereocenters. The molecule has 0 bridgehead atoms. The van der Waals surface area contributed by atoms with Crippen molar-refractivity contribution in [1.29, 1.82) is 0 Å². The zero-order valence-electron chi connectivity index (χ0n) is 55.9. The Kier molecular flexibility index (Phi) is 18.9. The second-order valence-electron chi connectivity index (χ2n) is 27.2. The number of rotatable bonds is 10. The normalized spacial score (nSPS) is 11.8. The molecule has 464 valence electrons. The molecule has 14 aromatic rings. The zero-order chi connectivity index (χ0) is 64.8. The predicted octanol–water partition coefficient (Wildman–Crippen LogP) is 23.6. The lowest BCUT2D eigenvalue weighted by atomic mass is 9.87. The average molecular weight is 1210 g/mol. The molecule has 0 saturated carbocycles. The second kappa shape index (κ2) is 27.3. The number of hydrogen-bond acceptors (Lipinski definition) is 6. The lowest BCUT2D eigenvalue weighted by Crippen LogP contribution is -2.10. The van der Waals surface area contributed by atoms with E-state index in [1.54, 1.807) is 0 Å². The maximum atomic E-state index is 5.95. The number of hydrogen-bond donors (Lipinski definition) is 0. The summed E-state index contributed by atoms with van der Waals surface area (Å²) in [6.45, 7) is 30.9. The van der Waals surface area contributed by atoms with Gasteiger partial charge < -0.3 is 18.0 Å². The Morgan fingerprint density at radius 1 is 0.283 bits per heavy atom. The first kappa shape index (κ1) is 63.6. The van der Waals surface area contributed by atoms with Crippen LogP contribution < -0.4 is 0 Å². The standard InChI is InChI=1S/C27H28N2O.C21H24N2O.C21H19N.C15H15N/c1-18(2)19-6-8-20(9-7-19)21-10-12-22(13-11-21)25-28-29-26(30-25)23-14-16-24(17-15-23)27(3,4)5;1-14(2)15-6-8-16(9-7-15)19-22-23-20(24-19)17-10-12-18(13-11-17)21(3,4)5;1-15(2)16-11-13-17(14-12-16)22-20-9-5-3-7-18(20)19-8-4-6-10-21(19)22;1-11(2)16-14-9-5-3-7-12(14)13-8-4-6-10-15(13)16/h6-18H,1-5H3;6-14H,1-5H3;3-15H,1-2H3;3-11H,1-2H3. The van der Waals surface area contributed by atoms with Gasteiger partial charge in [0, 0.05) is 66.6 Å². The summed E-state index contributed by atoms with van der Waals surface area (Å²) in [6.07, 6.45) is 0. The third-order valence-corrected chi connectivity index (χ3v) is 17.2.